The fourth-order valence-corrected chi connectivity index (χ4v) is 5.48. The summed E-state index contributed by atoms with van der Waals surface area (Å²) in [6, 6.07) is 7.46. The molecule has 180 valence electrons. The molecule has 1 saturated carbocycles. The zero-order valence-corrected chi connectivity index (χ0v) is 18.9. The zero-order chi connectivity index (χ0) is 24.2. The Morgan fingerprint density at radius 3 is 2.59 bits per heavy atom. The summed E-state index contributed by atoms with van der Waals surface area (Å²) in [5.41, 5.74) is 6.30. The highest BCUT2D eigenvalue weighted by Gasteiger charge is 2.40. The van der Waals surface area contributed by atoms with Crippen molar-refractivity contribution in [2.75, 3.05) is 11.9 Å². The normalized spacial score (nSPS) is 21.7. The Morgan fingerprint density at radius 2 is 1.97 bits per heavy atom. The number of aromatic nitrogens is 2. The maximum absolute atomic E-state index is 13.3. The van der Waals surface area contributed by atoms with Gasteiger partial charge in [-0.3, -0.25) is 9.48 Å². The minimum atomic E-state index is -0.895. The van der Waals surface area contributed by atoms with Gasteiger partial charge in [0.05, 0.1) is 18.5 Å². The van der Waals surface area contributed by atoms with Crippen molar-refractivity contribution in [3.63, 3.8) is 0 Å². The lowest BCUT2D eigenvalue weighted by atomic mass is 9.79. The summed E-state index contributed by atoms with van der Waals surface area (Å²) in [7, 11) is 0. The monoisotopic (exact) mass is 468 g/mol. The average molecular weight is 469 g/mol. The van der Waals surface area contributed by atoms with Gasteiger partial charge in [-0.1, -0.05) is 12.8 Å². The van der Waals surface area contributed by atoms with E-state index in [1.165, 1.54) is 24.3 Å². The van der Waals surface area contributed by atoms with Crippen LogP contribution in [0.5, 0.6) is 0 Å². The van der Waals surface area contributed by atoms with E-state index >= 15 is 0 Å². The number of halogens is 1. The molecule has 0 spiro atoms. The number of primary amides is 1. The second-order valence-electron chi connectivity index (χ2n) is 9.17. The highest BCUT2D eigenvalue weighted by atomic mass is 19.1. The molecule has 2 heterocycles. The molecule has 3 unspecified atom stereocenters. The highest BCUT2D eigenvalue weighted by molar-refractivity contribution is 5.98. The number of hydrogen-bond donors (Lipinski definition) is 3. The molecule has 0 bridgehead atoms. The average Bonchev–Trinajstić information content (AvgIpc) is 3.49. The van der Waals surface area contributed by atoms with E-state index in [1.54, 1.807) is 15.8 Å². The molecule has 2 aliphatic rings. The first-order valence-electron chi connectivity index (χ1n) is 11.7. The SMILES string of the molecule is N#CCC(C1CCN(C(=O)O)C(C2CCCC2)C1)n1cc(C(N)=O)c(Nc2ccc(F)cc2)n1. The quantitative estimate of drug-likeness (QED) is 0.555. The molecule has 2 fully saturated rings. The number of piperidine rings is 1. The van der Waals surface area contributed by atoms with Gasteiger partial charge in [0.1, 0.15) is 11.4 Å². The van der Waals surface area contributed by atoms with Crippen molar-refractivity contribution in [3.05, 3.63) is 41.8 Å². The fourth-order valence-electron chi connectivity index (χ4n) is 5.48. The van der Waals surface area contributed by atoms with E-state index in [4.69, 9.17) is 5.73 Å². The van der Waals surface area contributed by atoms with E-state index in [-0.39, 0.29) is 41.6 Å². The maximum Gasteiger partial charge on any atom is 0.407 e. The number of carboxylic acid groups (broad SMARTS) is 1. The van der Waals surface area contributed by atoms with Crippen LogP contribution in [-0.4, -0.2) is 44.4 Å². The third-order valence-corrected chi connectivity index (χ3v) is 7.16. The Labute approximate surface area is 197 Å². The van der Waals surface area contributed by atoms with Gasteiger partial charge in [-0.2, -0.15) is 10.4 Å². The fraction of sp³-hybridized carbons (Fsp3) is 0.500. The number of likely N-dealkylation sites (tertiary alicyclic amines) is 1. The number of nitrogens with zero attached hydrogens (tertiary/aromatic N) is 4. The summed E-state index contributed by atoms with van der Waals surface area (Å²) < 4.78 is 14.9. The zero-order valence-electron chi connectivity index (χ0n) is 18.9. The molecule has 1 saturated heterocycles. The Morgan fingerprint density at radius 1 is 1.26 bits per heavy atom. The van der Waals surface area contributed by atoms with Crippen LogP contribution >= 0.6 is 0 Å². The van der Waals surface area contributed by atoms with E-state index in [9.17, 15) is 24.3 Å². The van der Waals surface area contributed by atoms with Crippen molar-refractivity contribution in [2.24, 2.45) is 17.6 Å². The first kappa shape index (κ1) is 23.5. The topological polar surface area (TPSA) is 137 Å². The van der Waals surface area contributed by atoms with Gasteiger partial charge in [0.15, 0.2) is 5.82 Å². The standard InChI is InChI=1S/C24H29FN6O3/c25-17-5-7-18(8-6-17)28-23-19(22(27)32)14-31(29-23)20(9-11-26)16-10-12-30(24(33)34)21(13-16)15-3-1-2-4-15/h5-8,14-16,20-21H,1-4,9-10,12-13H2,(H2,27,32)(H,28,29)(H,33,34). The summed E-state index contributed by atoms with van der Waals surface area (Å²) in [6.45, 7) is 0.410. The molecule has 9 nitrogen and oxygen atoms in total. The summed E-state index contributed by atoms with van der Waals surface area (Å²) in [5, 5.41) is 26.9. The molecule has 4 N–H and O–H groups in total. The van der Waals surface area contributed by atoms with E-state index < -0.39 is 12.0 Å². The van der Waals surface area contributed by atoms with E-state index in [0.29, 0.717) is 31.0 Å². The molecule has 1 aromatic carbocycles. The number of anilines is 2. The Kier molecular flexibility index (Phi) is 7.01. The van der Waals surface area contributed by atoms with Crippen molar-refractivity contribution < 1.29 is 19.1 Å². The smallest absolute Gasteiger partial charge is 0.407 e. The highest BCUT2D eigenvalue weighted by Crippen LogP contribution is 2.41. The van der Waals surface area contributed by atoms with Crippen molar-refractivity contribution in [1.29, 1.82) is 5.26 Å². The van der Waals surface area contributed by atoms with E-state index in [0.717, 1.165) is 25.7 Å². The number of nitrogens with one attached hydrogen (secondary N) is 1. The summed E-state index contributed by atoms with van der Waals surface area (Å²) >= 11 is 0. The number of rotatable bonds is 7. The van der Waals surface area contributed by atoms with E-state index in [2.05, 4.69) is 16.5 Å². The second-order valence-corrected chi connectivity index (χ2v) is 9.17. The van der Waals surface area contributed by atoms with Crippen LogP contribution in [0.1, 0.15) is 61.3 Å². The van der Waals surface area contributed by atoms with Crippen LogP contribution in [0.15, 0.2) is 30.5 Å². The number of carbonyl (C=O) groups excluding carboxylic acids is 1. The molecule has 4 rings (SSSR count). The molecule has 1 aliphatic carbocycles. The van der Waals surface area contributed by atoms with Gasteiger partial charge >= 0.3 is 6.09 Å². The first-order chi connectivity index (χ1) is 16.4. The molecule has 1 aliphatic heterocycles. The minimum absolute atomic E-state index is 0.0279. The lowest BCUT2D eigenvalue weighted by Crippen LogP contribution is -2.50. The predicted octanol–water partition coefficient (Wildman–Crippen LogP) is 4.27. The van der Waals surface area contributed by atoms with Gasteiger partial charge in [0, 0.05) is 24.5 Å². The third-order valence-electron chi connectivity index (χ3n) is 7.16. The molecule has 2 amide bonds. The molecular formula is C24H29FN6O3. The number of nitriles is 1. The Bertz CT molecular complexity index is 1070. The van der Waals surface area contributed by atoms with Crippen molar-refractivity contribution in [1.82, 2.24) is 14.7 Å². The van der Waals surface area contributed by atoms with Crippen molar-refractivity contribution in [3.8, 4) is 6.07 Å². The molecule has 10 heteroatoms. The van der Waals surface area contributed by atoms with Crippen molar-refractivity contribution >= 4 is 23.5 Å². The van der Waals surface area contributed by atoms with Crippen LogP contribution in [0.3, 0.4) is 0 Å². The van der Waals surface area contributed by atoms with Gasteiger partial charge in [-0.15, -0.1) is 0 Å². The van der Waals surface area contributed by atoms with Crippen LogP contribution in [0.25, 0.3) is 0 Å². The van der Waals surface area contributed by atoms with Gasteiger partial charge in [0.25, 0.3) is 5.91 Å². The summed E-state index contributed by atoms with van der Waals surface area (Å²) in [5.74, 6) is -0.463. The maximum atomic E-state index is 13.3. The lowest BCUT2D eigenvalue weighted by molar-refractivity contribution is 0.0510. The Hall–Kier alpha value is -3.61. The number of carbonyl (C=O) groups is 2. The van der Waals surface area contributed by atoms with Crippen LogP contribution in [-0.2, 0) is 0 Å². The van der Waals surface area contributed by atoms with Gasteiger partial charge in [-0.25, -0.2) is 9.18 Å². The molecule has 34 heavy (non-hydrogen) atoms. The Balaban J connectivity index is 1.61. The largest absolute Gasteiger partial charge is 0.465 e. The van der Waals surface area contributed by atoms with Gasteiger partial charge in [-0.05, 0) is 61.8 Å². The van der Waals surface area contributed by atoms with Crippen LogP contribution in [0, 0.1) is 29.0 Å². The predicted molar refractivity (Wildman–Crippen MR) is 123 cm³/mol. The van der Waals surface area contributed by atoms with Gasteiger partial charge in [0.2, 0.25) is 0 Å². The van der Waals surface area contributed by atoms with Gasteiger partial charge < -0.3 is 21.1 Å². The molecule has 3 atom stereocenters. The second kappa shape index (κ2) is 10.1. The van der Waals surface area contributed by atoms with Crippen LogP contribution < -0.4 is 11.1 Å². The van der Waals surface area contributed by atoms with E-state index in [1.807, 2.05) is 0 Å². The first-order valence-corrected chi connectivity index (χ1v) is 11.7. The summed E-state index contributed by atoms with van der Waals surface area (Å²) in [6.07, 6.45) is 6.33. The summed E-state index contributed by atoms with van der Waals surface area (Å²) in [4.78, 5) is 25.6. The van der Waals surface area contributed by atoms with Crippen LogP contribution in [0.2, 0.25) is 0 Å². The molecule has 0 radical (unpaired) electrons. The molecular weight excluding hydrogens is 439 g/mol. The molecule has 2 aromatic rings. The molecule has 1 aromatic heterocycles. The number of amides is 2. The third kappa shape index (κ3) is 4.98. The number of benzene rings is 1. The lowest BCUT2D eigenvalue weighted by Gasteiger charge is -2.43. The number of nitrogens with two attached hydrogens (primary N) is 1. The minimum Gasteiger partial charge on any atom is -0.465 e. The van der Waals surface area contributed by atoms with Crippen LogP contribution in [0.4, 0.5) is 20.7 Å². The number of hydrogen-bond acceptors (Lipinski definition) is 5. The van der Waals surface area contributed by atoms with Crippen molar-refractivity contribution in [2.45, 2.75) is 57.0 Å².